The van der Waals surface area contributed by atoms with Crippen LogP contribution in [-0.2, 0) is 12.0 Å². The van der Waals surface area contributed by atoms with Crippen molar-refractivity contribution in [3.63, 3.8) is 0 Å². The van der Waals surface area contributed by atoms with E-state index in [9.17, 15) is 0 Å². The standard InChI is InChI=1S/C13H17N3O/c1-9-5-4-6-10(7-9)8-11-15-12(16-17-11)13(2,3)14/h4-7H,8,14H2,1-3H3. The molecule has 1 aromatic heterocycles. The largest absolute Gasteiger partial charge is 0.339 e. The van der Waals surface area contributed by atoms with Crippen molar-refractivity contribution in [2.45, 2.75) is 32.7 Å². The van der Waals surface area contributed by atoms with Gasteiger partial charge in [-0.1, -0.05) is 35.0 Å². The summed E-state index contributed by atoms with van der Waals surface area (Å²) in [5.74, 6) is 1.14. The maximum Gasteiger partial charge on any atom is 0.231 e. The van der Waals surface area contributed by atoms with Gasteiger partial charge in [0, 0.05) is 0 Å². The summed E-state index contributed by atoms with van der Waals surface area (Å²) < 4.78 is 5.19. The molecule has 0 saturated carbocycles. The predicted molar refractivity (Wildman–Crippen MR) is 65.5 cm³/mol. The zero-order chi connectivity index (χ0) is 12.5. The molecule has 0 fully saturated rings. The molecule has 0 aliphatic carbocycles. The lowest BCUT2D eigenvalue weighted by Crippen LogP contribution is -2.30. The molecule has 0 atom stereocenters. The van der Waals surface area contributed by atoms with E-state index in [1.807, 2.05) is 26.0 Å². The highest BCUT2D eigenvalue weighted by atomic mass is 16.5. The van der Waals surface area contributed by atoms with Gasteiger partial charge in [0.15, 0.2) is 5.82 Å². The highest BCUT2D eigenvalue weighted by molar-refractivity contribution is 5.24. The minimum Gasteiger partial charge on any atom is -0.339 e. The molecular weight excluding hydrogens is 214 g/mol. The Morgan fingerprint density at radius 2 is 2.12 bits per heavy atom. The highest BCUT2D eigenvalue weighted by Gasteiger charge is 2.21. The van der Waals surface area contributed by atoms with E-state index < -0.39 is 5.54 Å². The topological polar surface area (TPSA) is 64.9 Å². The minimum absolute atomic E-state index is 0.542. The lowest BCUT2D eigenvalue weighted by molar-refractivity contribution is 0.365. The molecule has 2 N–H and O–H groups in total. The third-order valence-corrected chi connectivity index (χ3v) is 2.48. The Hall–Kier alpha value is -1.68. The Morgan fingerprint density at radius 1 is 1.35 bits per heavy atom. The van der Waals surface area contributed by atoms with Crippen molar-refractivity contribution < 1.29 is 4.52 Å². The van der Waals surface area contributed by atoms with Crippen molar-refractivity contribution >= 4 is 0 Å². The van der Waals surface area contributed by atoms with Crippen LogP contribution in [0.1, 0.15) is 36.7 Å². The summed E-state index contributed by atoms with van der Waals surface area (Å²) in [7, 11) is 0. The van der Waals surface area contributed by atoms with E-state index in [1.165, 1.54) is 5.56 Å². The van der Waals surface area contributed by atoms with Gasteiger partial charge >= 0.3 is 0 Å². The number of aromatic nitrogens is 2. The van der Waals surface area contributed by atoms with E-state index in [2.05, 4.69) is 29.2 Å². The first-order valence-corrected chi connectivity index (χ1v) is 5.62. The summed E-state index contributed by atoms with van der Waals surface area (Å²) in [6.07, 6.45) is 0.644. The molecule has 0 radical (unpaired) electrons. The van der Waals surface area contributed by atoms with Crippen LogP contribution in [0.25, 0.3) is 0 Å². The molecule has 2 rings (SSSR count). The van der Waals surface area contributed by atoms with Crippen LogP contribution in [0, 0.1) is 6.92 Å². The summed E-state index contributed by atoms with van der Waals surface area (Å²) in [5, 5.41) is 3.89. The van der Waals surface area contributed by atoms with E-state index >= 15 is 0 Å². The van der Waals surface area contributed by atoms with Crippen LogP contribution < -0.4 is 5.73 Å². The molecule has 0 aliphatic rings. The quantitative estimate of drug-likeness (QED) is 0.879. The van der Waals surface area contributed by atoms with Crippen LogP contribution in [-0.4, -0.2) is 10.1 Å². The van der Waals surface area contributed by atoms with Gasteiger partial charge in [0.25, 0.3) is 0 Å². The van der Waals surface area contributed by atoms with Crippen molar-refractivity contribution in [3.05, 3.63) is 47.1 Å². The van der Waals surface area contributed by atoms with Crippen LogP contribution in [0.15, 0.2) is 28.8 Å². The van der Waals surface area contributed by atoms with Gasteiger partial charge in [-0.3, -0.25) is 0 Å². The molecule has 4 heteroatoms. The smallest absolute Gasteiger partial charge is 0.231 e. The number of hydrogen-bond donors (Lipinski definition) is 1. The lowest BCUT2D eigenvalue weighted by Gasteiger charge is -2.11. The van der Waals surface area contributed by atoms with Crippen LogP contribution in [0.4, 0.5) is 0 Å². The van der Waals surface area contributed by atoms with E-state index in [1.54, 1.807) is 0 Å². The SMILES string of the molecule is Cc1cccc(Cc2nc(C(C)(C)N)no2)c1. The monoisotopic (exact) mass is 231 g/mol. The van der Waals surface area contributed by atoms with Gasteiger partial charge in [-0.15, -0.1) is 0 Å². The molecular formula is C13H17N3O. The molecule has 90 valence electrons. The first-order valence-electron chi connectivity index (χ1n) is 5.62. The van der Waals surface area contributed by atoms with Crippen molar-refractivity contribution in [3.8, 4) is 0 Å². The zero-order valence-corrected chi connectivity index (χ0v) is 10.4. The molecule has 4 nitrogen and oxygen atoms in total. The second-order valence-corrected chi connectivity index (χ2v) is 4.90. The van der Waals surface area contributed by atoms with Crippen molar-refractivity contribution in [2.24, 2.45) is 5.73 Å². The average molecular weight is 231 g/mol. The van der Waals surface area contributed by atoms with Gasteiger partial charge < -0.3 is 10.3 Å². The van der Waals surface area contributed by atoms with E-state index in [-0.39, 0.29) is 0 Å². The third kappa shape index (κ3) is 2.91. The maximum atomic E-state index is 5.90. The van der Waals surface area contributed by atoms with Gasteiger partial charge in [-0.05, 0) is 26.3 Å². The van der Waals surface area contributed by atoms with Gasteiger partial charge in [0.1, 0.15) is 0 Å². The van der Waals surface area contributed by atoms with Crippen LogP contribution in [0.2, 0.25) is 0 Å². The molecule has 0 bridgehead atoms. The predicted octanol–water partition coefficient (Wildman–Crippen LogP) is 2.16. The Kier molecular flexibility index (Phi) is 2.98. The van der Waals surface area contributed by atoms with Crippen molar-refractivity contribution in [1.29, 1.82) is 0 Å². The van der Waals surface area contributed by atoms with E-state index in [0.717, 1.165) is 5.56 Å². The first-order chi connectivity index (χ1) is 7.95. The molecule has 1 aromatic carbocycles. The van der Waals surface area contributed by atoms with Crippen LogP contribution >= 0.6 is 0 Å². The number of hydrogen-bond acceptors (Lipinski definition) is 4. The lowest BCUT2D eigenvalue weighted by atomic mass is 10.1. The highest BCUT2D eigenvalue weighted by Crippen LogP contribution is 2.15. The maximum absolute atomic E-state index is 5.90. The summed E-state index contributed by atoms with van der Waals surface area (Å²) >= 11 is 0. The molecule has 0 amide bonds. The summed E-state index contributed by atoms with van der Waals surface area (Å²) in [6.45, 7) is 5.77. The minimum atomic E-state index is -0.561. The molecule has 17 heavy (non-hydrogen) atoms. The first kappa shape index (κ1) is 11.8. The Labute approximate surface area is 101 Å². The second kappa shape index (κ2) is 4.30. The molecule has 0 saturated heterocycles. The zero-order valence-electron chi connectivity index (χ0n) is 10.4. The fourth-order valence-corrected chi connectivity index (χ4v) is 1.59. The Balaban J connectivity index is 2.17. The van der Waals surface area contributed by atoms with E-state index in [4.69, 9.17) is 10.3 Å². The summed E-state index contributed by atoms with van der Waals surface area (Å²) in [5.41, 5.74) is 7.73. The molecule has 0 spiro atoms. The van der Waals surface area contributed by atoms with Crippen LogP contribution in [0.3, 0.4) is 0 Å². The van der Waals surface area contributed by atoms with Crippen LogP contribution in [0.5, 0.6) is 0 Å². The fraction of sp³-hybridized carbons (Fsp3) is 0.385. The van der Waals surface area contributed by atoms with Gasteiger partial charge in [0.05, 0.1) is 12.0 Å². The average Bonchev–Trinajstić information content (AvgIpc) is 2.65. The fourth-order valence-electron chi connectivity index (χ4n) is 1.59. The van der Waals surface area contributed by atoms with Gasteiger partial charge in [0.2, 0.25) is 5.89 Å². The molecule has 2 aromatic rings. The number of nitrogens with zero attached hydrogens (tertiary/aromatic N) is 2. The van der Waals surface area contributed by atoms with Crippen molar-refractivity contribution in [1.82, 2.24) is 10.1 Å². The second-order valence-electron chi connectivity index (χ2n) is 4.90. The molecule has 0 unspecified atom stereocenters. The number of nitrogens with two attached hydrogens (primary N) is 1. The third-order valence-electron chi connectivity index (χ3n) is 2.48. The Morgan fingerprint density at radius 3 is 2.71 bits per heavy atom. The summed E-state index contributed by atoms with van der Waals surface area (Å²) in [6, 6.07) is 8.24. The number of rotatable bonds is 3. The summed E-state index contributed by atoms with van der Waals surface area (Å²) in [4.78, 5) is 4.30. The van der Waals surface area contributed by atoms with Crippen molar-refractivity contribution in [2.75, 3.05) is 0 Å². The molecule has 0 aliphatic heterocycles. The number of benzene rings is 1. The number of aryl methyl sites for hydroxylation is 1. The molecule has 1 heterocycles. The normalized spacial score (nSPS) is 11.8. The Bertz CT molecular complexity index is 511. The van der Waals surface area contributed by atoms with Gasteiger partial charge in [-0.25, -0.2) is 0 Å². The van der Waals surface area contributed by atoms with E-state index in [0.29, 0.717) is 18.1 Å². The van der Waals surface area contributed by atoms with Gasteiger partial charge in [-0.2, -0.15) is 4.98 Å².